The fourth-order valence-electron chi connectivity index (χ4n) is 0. The van der Waals surface area contributed by atoms with E-state index in [-0.39, 0.29) is 172 Å². The minimum atomic E-state index is 0. The van der Waals surface area contributed by atoms with E-state index in [2.05, 4.69) is 0 Å². The third-order valence-corrected chi connectivity index (χ3v) is 0. The molecular formula is H13AlCo2MnNi2O13. The molecule has 0 bridgehead atoms. The summed E-state index contributed by atoms with van der Waals surface area (Å²) in [6, 6.07) is 0. The number of hydrogen-bond donors (Lipinski definition) is 0. The fourth-order valence-corrected chi connectivity index (χ4v) is 0. The van der Waals surface area contributed by atoms with Gasteiger partial charge in [-0.3, -0.25) is 0 Å². The Morgan fingerprint density at radius 2 is 0.263 bits per heavy atom. The summed E-state index contributed by atoms with van der Waals surface area (Å²) in [6.45, 7) is 0. The molecule has 0 fully saturated rings. The molecule has 19 heavy (non-hydrogen) atoms. The van der Waals surface area contributed by atoms with Crippen LogP contribution in [-0.4, -0.2) is 88.6 Å². The summed E-state index contributed by atoms with van der Waals surface area (Å²) in [4.78, 5) is 0. The predicted octanol–water partition coefficient (Wildman–Crippen LogP) is -2.69. The van der Waals surface area contributed by atoms with Crippen LogP contribution >= 0.6 is 0 Å². The van der Waals surface area contributed by atoms with Crippen LogP contribution in [0.25, 0.3) is 0 Å². The zero-order valence-electron chi connectivity index (χ0n) is 8.07. The van der Waals surface area contributed by atoms with Gasteiger partial charge in [0.1, 0.15) is 0 Å². The minimum Gasteiger partial charge on any atom is -0.870 e. The van der Waals surface area contributed by atoms with Gasteiger partial charge in [0.2, 0.25) is 0 Å². The molecule has 0 aromatic heterocycles. The molecule has 19 heteroatoms. The van der Waals surface area contributed by atoms with Gasteiger partial charge in [0.05, 0.1) is 0 Å². The second kappa shape index (κ2) is 1220. The summed E-state index contributed by atoms with van der Waals surface area (Å²) in [5.41, 5.74) is 0. The zero-order valence-corrected chi connectivity index (χ0v) is 14.5. The second-order valence-electron chi connectivity index (χ2n) is 0. The third-order valence-electron chi connectivity index (χ3n) is 0. The monoisotopic (exact) mass is 537 g/mol. The van der Waals surface area contributed by atoms with Crippen molar-refractivity contribution in [3.8, 4) is 0 Å². The van der Waals surface area contributed by atoms with Crippen LogP contribution in [0.4, 0.5) is 0 Å². The summed E-state index contributed by atoms with van der Waals surface area (Å²) in [5, 5.41) is 0. The van der Waals surface area contributed by atoms with Crippen LogP contribution in [0.5, 0.6) is 0 Å². The van der Waals surface area contributed by atoms with E-state index >= 15 is 0 Å². The average molecular weight is 538 g/mol. The zero-order chi connectivity index (χ0) is 0. The van der Waals surface area contributed by atoms with Crippen LogP contribution in [0.1, 0.15) is 0 Å². The van der Waals surface area contributed by atoms with Crippen molar-refractivity contribution in [1.82, 2.24) is 0 Å². The maximum atomic E-state index is 0. The molecule has 13 nitrogen and oxygen atoms in total. The van der Waals surface area contributed by atoms with Gasteiger partial charge in [-0.2, -0.15) is 0 Å². The van der Waals surface area contributed by atoms with Crippen molar-refractivity contribution in [3.05, 3.63) is 0 Å². The first-order valence-corrected chi connectivity index (χ1v) is 0. The third kappa shape index (κ3) is 1100. The maximum Gasteiger partial charge on any atom is 3.00 e. The van der Waals surface area contributed by atoms with Crippen LogP contribution in [0.2, 0.25) is 0 Å². The standard InChI is InChI=1S/Al.2Co.Mn.2Ni.13H2O/h;;;;;;13*1H2/q+3;5*+2;;;;;;;;;;;;;/p-13. The second-order valence-corrected chi connectivity index (χ2v) is 0. The van der Waals surface area contributed by atoms with Crippen molar-refractivity contribution in [1.29, 1.82) is 0 Å². The van der Waals surface area contributed by atoms with E-state index in [9.17, 15) is 0 Å². The normalized spacial score (nSPS) is 0. The Labute approximate surface area is 171 Å². The summed E-state index contributed by atoms with van der Waals surface area (Å²) in [7, 11) is 0. The summed E-state index contributed by atoms with van der Waals surface area (Å²) in [5.74, 6) is 0. The number of rotatable bonds is 0. The van der Waals surface area contributed by atoms with Crippen molar-refractivity contribution >= 4 is 17.4 Å². The quantitative estimate of drug-likeness (QED) is 0.284. The first kappa shape index (κ1) is 1420. The molecule has 0 saturated carbocycles. The Morgan fingerprint density at radius 1 is 0.263 bits per heavy atom. The maximum absolute atomic E-state index is 0. The SMILES string of the molecule is [Al+3].[Co+2].[Co+2].[Mn+2].[Ni+2].[Ni+2].[OH-].[OH-].[OH-].[OH-].[OH-].[OH-].[OH-].[OH-].[OH-].[OH-].[OH-].[OH-].[OH-]. The Bertz CT molecular complexity index is 28.6. The first-order chi connectivity index (χ1) is 0. The molecule has 0 aromatic carbocycles. The van der Waals surface area contributed by atoms with E-state index in [0.29, 0.717) is 0 Å². The van der Waals surface area contributed by atoms with Gasteiger partial charge in [-0.1, -0.05) is 0 Å². The van der Waals surface area contributed by atoms with E-state index in [0.717, 1.165) is 0 Å². The van der Waals surface area contributed by atoms with Gasteiger partial charge in [-0.25, -0.2) is 0 Å². The predicted molar refractivity (Wildman–Crippen MR) is 30.9 cm³/mol. The molecule has 13 N–H and O–H groups in total. The molecule has 0 unspecified atom stereocenters. The van der Waals surface area contributed by atoms with E-state index in [1.165, 1.54) is 0 Å². The smallest absolute Gasteiger partial charge is 0.870 e. The van der Waals surface area contributed by atoms with Crippen LogP contribution in [0.3, 0.4) is 0 Å². The van der Waals surface area contributed by atoms with Crippen molar-refractivity contribution in [2.45, 2.75) is 0 Å². The van der Waals surface area contributed by atoms with Gasteiger partial charge < -0.3 is 71.2 Å². The van der Waals surface area contributed by atoms with Gasteiger partial charge >= 0.3 is 101 Å². The van der Waals surface area contributed by atoms with E-state index in [1.54, 1.807) is 0 Å². The Kier molecular flexibility index (Phi) is 91100. The molecular weight excluding hydrogens is 525 g/mol. The summed E-state index contributed by atoms with van der Waals surface area (Å²) >= 11 is 0. The van der Waals surface area contributed by atoms with Crippen molar-refractivity contribution in [2.24, 2.45) is 0 Å². The van der Waals surface area contributed by atoms with E-state index in [1.807, 2.05) is 0 Å². The summed E-state index contributed by atoms with van der Waals surface area (Å²) < 4.78 is 0. The molecule has 0 aliphatic heterocycles. The Morgan fingerprint density at radius 3 is 0.263 bits per heavy atom. The van der Waals surface area contributed by atoms with E-state index in [4.69, 9.17) is 0 Å². The van der Waals surface area contributed by atoms with Gasteiger partial charge in [-0.05, 0) is 0 Å². The van der Waals surface area contributed by atoms with Crippen LogP contribution < -0.4 is 0 Å². The molecule has 0 aromatic rings. The Hall–Kier alpha value is 2.53. The largest absolute Gasteiger partial charge is 3.00 e. The van der Waals surface area contributed by atoms with Gasteiger partial charge in [-0.15, -0.1) is 0 Å². The molecule has 0 amide bonds. The van der Waals surface area contributed by atoms with Gasteiger partial charge in [0, 0.05) is 0 Å². The molecule has 0 saturated heterocycles. The van der Waals surface area contributed by atoms with Crippen molar-refractivity contribution in [2.75, 3.05) is 0 Å². The number of hydrogen-bond acceptors (Lipinski definition) is 13. The van der Waals surface area contributed by atoms with Crippen LogP contribution in [-0.2, 0) is 83.6 Å². The Balaban J connectivity index is 0. The molecule has 139 valence electrons. The summed E-state index contributed by atoms with van der Waals surface area (Å²) in [6.07, 6.45) is 0. The van der Waals surface area contributed by atoms with Crippen LogP contribution in [0.15, 0.2) is 0 Å². The molecule has 0 aliphatic carbocycles. The van der Waals surface area contributed by atoms with Crippen molar-refractivity contribution in [3.63, 3.8) is 0 Å². The topological polar surface area (TPSA) is 390 Å². The van der Waals surface area contributed by atoms with Crippen molar-refractivity contribution < 1.29 is 155 Å². The molecule has 0 rings (SSSR count). The molecule has 3 radical (unpaired) electrons. The van der Waals surface area contributed by atoms with Gasteiger partial charge in [0.25, 0.3) is 0 Å². The van der Waals surface area contributed by atoms with E-state index < -0.39 is 0 Å². The fraction of sp³-hybridized carbons (Fsp3) is 0. The molecule has 0 heterocycles. The minimum absolute atomic E-state index is 0. The van der Waals surface area contributed by atoms with Gasteiger partial charge in [0.15, 0.2) is 0 Å². The molecule has 0 atom stereocenters. The van der Waals surface area contributed by atoms with Crippen LogP contribution in [0, 0.1) is 0 Å². The first-order valence-electron chi connectivity index (χ1n) is 0. The molecule has 0 aliphatic rings. The average Bonchev–Trinajstić information content (AvgIpc) is 0. The molecule has 0 spiro atoms.